The molecule has 0 unspecified atom stereocenters. The van der Waals surface area contributed by atoms with Gasteiger partial charge in [0.25, 0.3) is 5.91 Å². The standard InChI is InChI=1S/C19H19NO5/c1-23-15-10-7-14(8-11-15)9-12-19(22)25-13-18(21)20-16-5-3-4-6-17(16)24-2/h3-12H,13H2,1-2H3,(H,20,21). The first kappa shape index (κ1) is 18.1. The first-order chi connectivity index (χ1) is 12.1. The van der Waals surface area contributed by atoms with Gasteiger partial charge < -0.3 is 19.5 Å². The molecule has 1 N–H and O–H groups in total. The number of benzene rings is 2. The number of amides is 1. The minimum atomic E-state index is -0.606. The van der Waals surface area contributed by atoms with Crippen LogP contribution < -0.4 is 14.8 Å². The summed E-state index contributed by atoms with van der Waals surface area (Å²) >= 11 is 0. The predicted molar refractivity (Wildman–Crippen MR) is 94.6 cm³/mol. The topological polar surface area (TPSA) is 73.9 Å². The van der Waals surface area contributed by atoms with Gasteiger partial charge >= 0.3 is 5.97 Å². The van der Waals surface area contributed by atoms with Crippen LogP contribution in [0, 0.1) is 0 Å². The van der Waals surface area contributed by atoms with Crippen LogP contribution in [0.3, 0.4) is 0 Å². The first-order valence-electron chi connectivity index (χ1n) is 7.54. The van der Waals surface area contributed by atoms with Crippen LogP contribution in [0.15, 0.2) is 54.6 Å². The van der Waals surface area contributed by atoms with Crippen molar-refractivity contribution in [2.45, 2.75) is 0 Å². The summed E-state index contributed by atoms with van der Waals surface area (Å²) in [4.78, 5) is 23.5. The molecule has 2 aromatic carbocycles. The fourth-order valence-corrected chi connectivity index (χ4v) is 2.00. The van der Waals surface area contributed by atoms with E-state index < -0.39 is 11.9 Å². The van der Waals surface area contributed by atoms with Crippen molar-refractivity contribution in [3.63, 3.8) is 0 Å². The van der Waals surface area contributed by atoms with Crippen molar-refractivity contribution in [1.29, 1.82) is 0 Å². The maximum absolute atomic E-state index is 11.8. The Morgan fingerprint density at radius 2 is 1.72 bits per heavy atom. The van der Waals surface area contributed by atoms with E-state index in [0.29, 0.717) is 11.4 Å². The molecule has 0 radical (unpaired) electrons. The van der Waals surface area contributed by atoms with Gasteiger partial charge in [0.05, 0.1) is 19.9 Å². The van der Waals surface area contributed by atoms with Gasteiger partial charge in [-0.1, -0.05) is 24.3 Å². The highest BCUT2D eigenvalue weighted by atomic mass is 16.5. The summed E-state index contributed by atoms with van der Waals surface area (Å²) in [5, 5.41) is 2.62. The second kappa shape index (κ2) is 9.12. The Morgan fingerprint density at radius 1 is 1.00 bits per heavy atom. The third-order valence-corrected chi connectivity index (χ3v) is 3.25. The van der Waals surface area contributed by atoms with Crippen LogP contribution in [0.1, 0.15) is 5.56 Å². The van der Waals surface area contributed by atoms with Crippen LogP contribution in [0.4, 0.5) is 5.69 Å². The van der Waals surface area contributed by atoms with Crippen LogP contribution in [0.5, 0.6) is 11.5 Å². The van der Waals surface area contributed by atoms with E-state index in [1.807, 2.05) is 0 Å². The Bertz CT molecular complexity index is 753. The van der Waals surface area contributed by atoms with E-state index in [-0.39, 0.29) is 6.61 Å². The van der Waals surface area contributed by atoms with E-state index >= 15 is 0 Å². The van der Waals surface area contributed by atoms with Crippen LogP contribution in [-0.4, -0.2) is 32.7 Å². The molecule has 0 saturated heterocycles. The van der Waals surface area contributed by atoms with E-state index in [1.165, 1.54) is 13.2 Å². The van der Waals surface area contributed by atoms with Crippen molar-refractivity contribution in [3.05, 3.63) is 60.2 Å². The minimum Gasteiger partial charge on any atom is -0.497 e. The predicted octanol–water partition coefficient (Wildman–Crippen LogP) is 2.90. The van der Waals surface area contributed by atoms with E-state index in [1.54, 1.807) is 61.7 Å². The zero-order valence-corrected chi connectivity index (χ0v) is 14.0. The largest absolute Gasteiger partial charge is 0.497 e. The second-order valence-electron chi connectivity index (χ2n) is 4.96. The smallest absolute Gasteiger partial charge is 0.331 e. The van der Waals surface area contributed by atoms with Gasteiger partial charge in [-0.25, -0.2) is 4.79 Å². The molecule has 2 rings (SSSR count). The quantitative estimate of drug-likeness (QED) is 0.619. The lowest BCUT2D eigenvalue weighted by Gasteiger charge is -2.09. The van der Waals surface area contributed by atoms with Gasteiger partial charge in [-0.3, -0.25) is 4.79 Å². The molecule has 0 spiro atoms. The van der Waals surface area contributed by atoms with Crippen molar-refractivity contribution < 1.29 is 23.8 Å². The van der Waals surface area contributed by atoms with Crippen LogP contribution >= 0.6 is 0 Å². The van der Waals surface area contributed by atoms with E-state index in [4.69, 9.17) is 14.2 Å². The Balaban J connectivity index is 1.82. The number of hydrogen-bond acceptors (Lipinski definition) is 5. The molecule has 0 bridgehead atoms. The van der Waals surface area contributed by atoms with Crippen LogP contribution in [0.25, 0.3) is 6.08 Å². The summed E-state index contributed by atoms with van der Waals surface area (Å²) in [5.74, 6) is 0.205. The Kier molecular flexibility index (Phi) is 6.59. The average molecular weight is 341 g/mol. The summed E-state index contributed by atoms with van der Waals surface area (Å²) in [6, 6.07) is 14.1. The number of anilines is 1. The average Bonchev–Trinajstić information content (AvgIpc) is 2.65. The van der Waals surface area contributed by atoms with Crippen molar-refractivity contribution in [2.24, 2.45) is 0 Å². The summed E-state index contributed by atoms with van der Waals surface area (Å²) in [6.07, 6.45) is 2.86. The van der Waals surface area contributed by atoms with Crippen molar-refractivity contribution in [2.75, 3.05) is 26.1 Å². The normalized spacial score (nSPS) is 10.3. The molecule has 0 saturated carbocycles. The van der Waals surface area contributed by atoms with Gasteiger partial charge in [0, 0.05) is 6.08 Å². The minimum absolute atomic E-state index is 0.385. The molecule has 0 aliphatic rings. The molecule has 0 aliphatic heterocycles. The highest BCUT2D eigenvalue weighted by Gasteiger charge is 2.08. The monoisotopic (exact) mass is 341 g/mol. The molecule has 130 valence electrons. The Morgan fingerprint density at radius 3 is 2.40 bits per heavy atom. The number of carbonyl (C=O) groups excluding carboxylic acids is 2. The van der Waals surface area contributed by atoms with Crippen LogP contribution in [0.2, 0.25) is 0 Å². The Labute approximate surface area is 146 Å². The molecule has 6 heteroatoms. The molecule has 1 amide bonds. The molecule has 0 aliphatic carbocycles. The Hall–Kier alpha value is -3.28. The SMILES string of the molecule is COc1ccc(C=CC(=O)OCC(=O)Nc2ccccc2OC)cc1. The highest BCUT2D eigenvalue weighted by Crippen LogP contribution is 2.22. The van der Waals surface area contributed by atoms with Gasteiger partial charge in [-0.05, 0) is 35.9 Å². The number of para-hydroxylation sites is 2. The van der Waals surface area contributed by atoms with Gasteiger partial charge in [-0.15, -0.1) is 0 Å². The van der Waals surface area contributed by atoms with Gasteiger partial charge in [0.15, 0.2) is 6.61 Å². The molecule has 2 aromatic rings. The summed E-state index contributed by atoms with van der Waals surface area (Å²) in [6.45, 7) is -0.385. The van der Waals surface area contributed by atoms with Crippen molar-refractivity contribution in [3.8, 4) is 11.5 Å². The lowest BCUT2D eigenvalue weighted by atomic mass is 10.2. The molecule has 6 nitrogen and oxygen atoms in total. The number of carbonyl (C=O) groups is 2. The van der Waals surface area contributed by atoms with Gasteiger partial charge in [0.2, 0.25) is 0 Å². The number of rotatable bonds is 7. The molecular formula is C19H19NO5. The second-order valence-corrected chi connectivity index (χ2v) is 4.96. The number of nitrogens with one attached hydrogen (secondary N) is 1. The van der Waals surface area contributed by atoms with Crippen LogP contribution in [-0.2, 0) is 14.3 Å². The summed E-state index contributed by atoms with van der Waals surface area (Å²) in [5.41, 5.74) is 1.33. The van der Waals surface area contributed by atoms with E-state index in [2.05, 4.69) is 5.32 Å². The van der Waals surface area contributed by atoms with E-state index in [9.17, 15) is 9.59 Å². The summed E-state index contributed by atoms with van der Waals surface area (Å²) in [7, 11) is 3.09. The molecule has 0 atom stereocenters. The van der Waals surface area contributed by atoms with Crippen molar-refractivity contribution >= 4 is 23.6 Å². The molecule has 0 heterocycles. The maximum atomic E-state index is 11.8. The lowest BCUT2D eigenvalue weighted by molar-refractivity contribution is -0.142. The highest BCUT2D eigenvalue weighted by molar-refractivity contribution is 5.95. The maximum Gasteiger partial charge on any atom is 0.331 e. The van der Waals surface area contributed by atoms with Crippen molar-refractivity contribution in [1.82, 2.24) is 0 Å². The fourth-order valence-electron chi connectivity index (χ4n) is 2.00. The zero-order valence-electron chi connectivity index (χ0n) is 14.0. The zero-order chi connectivity index (χ0) is 18.1. The number of hydrogen-bond donors (Lipinski definition) is 1. The molecule has 0 fully saturated rings. The third-order valence-electron chi connectivity index (χ3n) is 3.25. The first-order valence-corrected chi connectivity index (χ1v) is 7.54. The number of ether oxygens (including phenoxy) is 3. The lowest BCUT2D eigenvalue weighted by Crippen LogP contribution is -2.20. The molecular weight excluding hydrogens is 322 g/mol. The number of methoxy groups -OCH3 is 2. The van der Waals surface area contributed by atoms with Gasteiger partial charge in [-0.2, -0.15) is 0 Å². The van der Waals surface area contributed by atoms with E-state index in [0.717, 1.165) is 11.3 Å². The molecule has 0 aromatic heterocycles. The number of esters is 1. The summed E-state index contributed by atoms with van der Waals surface area (Å²) < 4.78 is 15.1. The van der Waals surface area contributed by atoms with Gasteiger partial charge in [0.1, 0.15) is 11.5 Å². The fraction of sp³-hybridized carbons (Fsp3) is 0.158. The third kappa shape index (κ3) is 5.69. The molecule has 25 heavy (non-hydrogen) atoms.